The summed E-state index contributed by atoms with van der Waals surface area (Å²) >= 11 is 6.11. The largest absolute Gasteiger partial charge is 0.506 e. The lowest BCUT2D eigenvalue weighted by Gasteiger charge is -2.19. The third-order valence-electron chi connectivity index (χ3n) is 3.81. The number of fused-ring (bicyclic) bond motifs is 1. The third-order valence-corrected chi connectivity index (χ3v) is 4.10. The van der Waals surface area contributed by atoms with Gasteiger partial charge >= 0.3 is 0 Å². The second kappa shape index (κ2) is 5.75. The van der Waals surface area contributed by atoms with Crippen LogP contribution in [0.25, 0.3) is 0 Å². The zero-order valence-electron chi connectivity index (χ0n) is 10.7. The maximum Gasteiger partial charge on any atom is 0.137 e. The van der Waals surface area contributed by atoms with Crippen molar-refractivity contribution in [1.29, 1.82) is 0 Å². The van der Waals surface area contributed by atoms with Crippen molar-refractivity contribution >= 4 is 17.9 Å². The number of carbonyl (C=O) groups is 1. The molecule has 0 spiro atoms. The van der Waals surface area contributed by atoms with Crippen molar-refractivity contribution < 1.29 is 9.90 Å². The van der Waals surface area contributed by atoms with Crippen LogP contribution >= 0.6 is 11.6 Å². The fraction of sp³-hybridized carbons (Fsp3) is 0.533. The number of phenols is 1. The van der Waals surface area contributed by atoms with E-state index in [1.807, 2.05) is 13.0 Å². The molecule has 0 radical (unpaired) electrons. The number of phenolic OH excluding ortho intramolecular Hbond substituents is 1. The summed E-state index contributed by atoms with van der Waals surface area (Å²) in [4.78, 5) is 10.7. The fourth-order valence-electron chi connectivity index (χ4n) is 2.86. The Hall–Kier alpha value is -1.02. The summed E-state index contributed by atoms with van der Waals surface area (Å²) in [6, 6.07) is 1.90. The summed E-state index contributed by atoms with van der Waals surface area (Å²) in [5.74, 6) is 0.208. The molecule has 1 aromatic rings. The lowest BCUT2D eigenvalue weighted by Crippen LogP contribution is -2.04. The van der Waals surface area contributed by atoms with Crippen molar-refractivity contribution in [1.82, 2.24) is 0 Å². The van der Waals surface area contributed by atoms with Crippen LogP contribution in [0.2, 0.25) is 5.02 Å². The molecular weight excluding hydrogens is 248 g/mol. The Morgan fingerprint density at radius 3 is 2.83 bits per heavy atom. The van der Waals surface area contributed by atoms with Crippen molar-refractivity contribution in [2.75, 3.05) is 0 Å². The summed E-state index contributed by atoms with van der Waals surface area (Å²) in [6.07, 6.45) is 6.89. The van der Waals surface area contributed by atoms with Gasteiger partial charge in [-0.15, -0.1) is 0 Å². The Bertz CT molecular complexity index is 454. The molecule has 0 aliphatic heterocycles. The van der Waals surface area contributed by atoms with Gasteiger partial charge in [-0.1, -0.05) is 24.9 Å². The molecule has 1 atom stereocenters. The zero-order valence-corrected chi connectivity index (χ0v) is 11.5. The van der Waals surface area contributed by atoms with Gasteiger partial charge in [-0.2, -0.15) is 0 Å². The van der Waals surface area contributed by atoms with Crippen LogP contribution in [0.5, 0.6) is 5.75 Å². The average molecular weight is 267 g/mol. The molecule has 2 nitrogen and oxygen atoms in total. The first-order valence-corrected chi connectivity index (χ1v) is 6.99. The van der Waals surface area contributed by atoms with E-state index in [0.717, 1.165) is 31.1 Å². The molecule has 0 aromatic heterocycles. The number of hydrogen-bond donors (Lipinski definition) is 1. The van der Waals surface area contributed by atoms with Crippen LogP contribution in [-0.2, 0) is 17.6 Å². The van der Waals surface area contributed by atoms with E-state index in [4.69, 9.17) is 11.6 Å². The first kappa shape index (κ1) is 13.4. The monoisotopic (exact) mass is 266 g/mol. The van der Waals surface area contributed by atoms with Crippen LogP contribution in [0.4, 0.5) is 0 Å². The lowest BCUT2D eigenvalue weighted by atomic mass is 9.87. The molecule has 0 amide bonds. The Kier molecular flexibility index (Phi) is 4.28. The number of aldehydes is 1. The number of aryl methyl sites for hydroxylation is 1. The van der Waals surface area contributed by atoms with Gasteiger partial charge in [-0.25, -0.2) is 0 Å². The van der Waals surface area contributed by atoms with E-state index < -0.39 is 0 Å². The zero-order chi connectivity index (χ0) is 13.1. The standard InChI is InChI=1S/C15H19ClO2/c1-10(7-8-17)14-12-6-4-2-3-5-11(12)9-13(16)15(14)18/h8-10,18H,2-7H2,1H3. The normalized spacial score (nSPS) is 16.8. The van der Waals surface area contributed by atoms with Crippen molar-refractivity contribution in [3.05, 3.63) is 27.8 Å². The van der Waals surface area contributed by atoms with Crippen LogP contribution in [0.15, 0.2) is 6.07 Å². The number of aromatic hydroxyl groups is 1. The highest BCUT2D eigenvalue weighted by Gasteiger charge is 2.22. The van der Waals surface area contributed by atoms with E-state index in [9.17, 15) is 9.90 Å². The minimum atomic E-state index is 0.0352. The van der Waals surface area contributed by atoms with E-state index in [1.54, 1.807) is 0 Å². The molecule has 0 heterocycles. The van der Waals surface area contributed by atoms with Crippen molar-refractivity contribution in [2.45, 2.75) is 51.4 Å². The summed E-state index contributed by atoms with van der Waals surface area (Å²) in [5, 5.41) is 10.6. The van der Waals surface area contributed by atoms with E-state index in [0.29, 0.717) is 11.4 Å². The molecule has 0 saturated heterocycles. The molecule has 98 valence electrons. The quantitative estimate of drug-likeness (QED) is 0.663. The molecule has 0 bridgehead atoms. The number of benzene rings is 1. The summed E-state index contributed by atoms with van der Waals surface area (Å²) < 4.78 is 0. The Balaban J connectivity index is 2.53. The van der Waals surface area contributed by atoms with Crippen molar-refractivity contribution in [3.8, 4) is 5.75 Å². The maximum atomic E-state index is 10.7. The number of halogens is 1. The summed E-state index contributed by atoms with van der Waals surface area (Å²) in [6.45, 7) is 1.98. The van der Waals surface area contributed by atoms with E-state index in [-0.39, 0.29) is 11.7 Å². The minimum absolute atomic E-state index is 0.0352. The van der Waals surface area contributed by atoms with Gasteiger partial charge in [0.25, 0.3) is 0 Å². The molecule has 18 heavy (non-hydrogen) atoms. The highest BCUT2D eigenvalue weighted by molar-refractivity contribution is 6.32. The van der Waals surface area contributed by atoms with Crippen LogP contribution in [0, 0.1) is 0 Å². The third kappa shape index (κ3) is 2.54. The molecule has 1 N–H and O–H groups in total. The highest BCUT2D eigenvalue weighted by Crippen LogP contribution is 2.40. The molecule has 0 fully saturated rings. The van der Waals surface area contributed by atoms with Crippen LogP contribution in [-0.4, -0.2) is 11.4 Å². The minimum Gasteiger partial charge on any atom is -0.506 e. The molecule has 1 aliphatic rings. The Morgan fingerprint density at radius 2 is 2.11 bits per heavy atom. The van der Waals surface area contributed by atoms with E-state index in [2.05, 4.69) is 0 Å². The van der Waals surface area contributed by atoms with Gasteiger partial charge in [0.2, 0.25) is 0 Å². The molecule has 1 aliphatic carbocycles. The summed E-state index contributed by atoms with van der Waals surface area (Å²) in [5.41, 5.74) is 3.37. The van der Waals surface area contributed by atoms with Gasteiger partial charge in [0.05, 0.1) is 5.02 Å². The summed E-state index contributed by atoms with van der Waals surface area (Å²) in [7, 11) is 0. The van der Waals surface area contributed by atoms with Crippen LogP contribution in [0.1, 0.15) is 55.2 Å². The number of rotatable bonds is 3. The molecule has 3 heteroatoms. The van der Waals surface area contributed by atoms with E-state index in [1.165, 1.54) is 24.0 Å². The fourth-order valence-corrected chi connectivity index (χ4v) is 3.09. The topological polar surface area (TPSA) is 37.3 Å². The van der Waals surface area contributed by atoms with Gasteiger partial charge in [0.1, 0.15) is 12.0 Å². The molecular formula is C15H19ClO2. The van der Waals surface area contributed by atoms with Gasteiger partial charge in [0, 0.05) is 12.0 Å². The van der Waals surface area contributed by atoms with E-state index >= 15 is 0 Å². The highest BCUT2D eigenvalue weighted by atomic mass is 35.5. The first-order chi connectivity index (χ1) is 8.65. The predicted molar refractivity (Wildman–Crippen MR) is 73.5 cm³/mol. The van der Waals surface area contributed by atoms with Gasteiger partial charge < -0.3 is 9.90 Å². The molecule has 0 saturated carbocycles. The van der Waals surface area contributed by atoms with Gasteiger partial charge in [0.15, 0.2) is 0 Å². The Morgan fingerprint density at radius 1 is 1.39 bits per heavy atom. The van der Waals surface area contributed by atoms with Crippen molar-refractivity contribution in [2.24, 2.45) is 0 Å². The second-order valence-corrected chi connectivity index (χ2v) is 5.53. The molecule has 1 unspecified atom stereocenters. The maximum absolute atomic E-state index is 10.7. The Labute approximate surface area is 113 Å². The smallest absolute Gasteiger partial charge is 0.137 e. The molecule has 1 aromatic carbocycles. The van der Waals surface area contributed by atoms with Crippen molar-refractivity contribution in [3.63, 3.8) is 0 Å². The van der Waals surface area contributed by atoms with Crippen LogP contribution < -0.4 is 0 Å². The molecule has 2 rings (SSSR count). The second-order valence-electron chi connectivity index (χ2n) is 5.12. The lowest BCUT2D eigenvalue weighted by molar-refractivity contribution is -0.108. The number of carbonyl (C=O) groups excluding carboxylic acids is 1. The SMILES string of the molecule is CC(CC=O)c1c(O)c(Cl)cc2c1CCCCC2. The average Bonchev–Trinajstić information content (AvgIpc) is 2.56. The van der Waals surface area contributed by atoms with Gasteiger partial charge in [-0.05, 0) is 48.8 Å². The van der Waals surface area contributed by atoms with Gasteiger partial charge in [-0.3, -0.25) is 0 Å². The number of hydrogen-bond acceptors (Lipinski definition) is 2. The predicted octanol–water partition coefficient (Wildman–Crippen LogP) is 4.01. The van der Waals surface area contributed by atoms with Crippen LogP contribution in [0.3, 0.4) is 0 Å². The first-order valence-electron chi connectivity index (χ1n) is 6.62.